The summed E-state index contributed by atoms with van der Waals surface area (Å²) in [4.78, 5) is 13.8. The predicted molar refractivity (Wildman–Crippen MR) is 94.7 cm³/mol. The second-order valence-corrected chi connectivity index (χ2v) is 9.53. The lowest BCUT2D eigenvalue weighted by molar-refractivity contribution is 0.282. The number of nitriles is 1. The number of nitrogens with zero attached hydrogens (tertiary/aromatic N) is 4. The van der Waals surface area contributed by atoms with Crippen LogP contribution in [0.1, 0.15) is 25.7 Å². The molecule has 8 heteroatoms. The summed E-state index contributed by atoms with van der Waals surface area (Å²) >= 11 is 0. The monoisotopic (exact) mass is 359 g/mol. The van der Waals surface area contributed by atoms with Crippen molar-refractivity contribution in [2.75, 3.05) is 17.7 Å². The molecule has 2 aromatic rings. The molecule has 2 heterocycles. The van der Waals surface area contributed by atoms with Crippen molar-refractivity contribution in [1.29, 1.82) is 5.26 Å². The molecule has 0 aromatic carbocycles. The van der Waals surface area contributed by atoms with Crippen LogP contribution in [0.15, 0.2) is 18.6 Å². The van der Waals surface area contributed by atoms with Gasteiger partial charge in [-0.1, -0.05) is 0 Å². The fraction of sp³-hybridized carbons (Fsp3) is 0.588. The molecule has 0 unspecified atom stereocenters. The van der Waals surface area contributed by atoms with E-state index in [4.69, 9.17) is 5.26 Å². The molecule has 2 aromatic heterocycles. The van der Waals surface area contributed by atoms with E-state index < -0.39 is 9.84 Å². The Kier molecular flexibility index (Phi) is 3.91. The molecule has 2 aliphatic rings. The number of hydrogen-bond donors (Lipinski definition) is 1. The van der Waals surface area contributed by atoms with Crippen LogP contribution in [-0.4, -0.2) is 47.5 Å². The number of aromatic amines is 1. The summed E-state index contributed by atoms with van der Waals surface area (Å²) in [6.07, 6.45) is 6.15. The molecule has 2 atom stereocenters. The summed E-state index contributed by atoms with van der Waals surface area (Å²) in [5, 5.41) is 9.41. The summed E-state index contributed by atoms with van der Waals surface area (Å²) in [6.45, 7) is 0. The van der Waals surface area contributed by atoms with Crippen LogP contribution in [-0.2, 0) is 9.84 Å². The summed E-state index contributed by atoms with van der Waals surface area (Å²) < 4.78 is 24.8. The quantitative estimate of drug-likeness (QED) is 0.845. The third-order valence-electron chi connectivity index (χ3n) is 5.57. The van der Waals surface area contributed by atoms with E-state index in [2.05, 4.69) is 25.9 Å². The predicted octanol–water partition coefficient (Wildman–Crippen LogP) is 1.89. The Balaban J connectivity index is 1.36. The van der Waals surface area contributed by atoms with E-state index in [-0.39, 0.29) is 22.8 Å². The number of nitrogens with one attached hydrogen (secondary N) is 1. The van der Waals surface area contributed by atoms with Gasteiger partial charge in [0.2, 0.25) is 0 Å². The third kappa shape index (κ3) is 2.97. The average molecular weight is 359 g/mol. The maximum atomic E-state index is 12.4. The first kappa shape index (κ1) is 16.3. The Morgan fingerprint density at radius 3 is 2.92 bits per heavy atom. The molecular formula is C17H21N5O2S. The zero-order valence-corrected chi connectivity index (χ0v) is 14.9. The Labute approximate surface area is 147 Å². The van der Waals surface area contributed by atoms with Crippen LogP contribution in [0.4, 0.5) is 5.82 Å². The Bertz CT molecular complexity index is 926. The van der Waals surface area contributed by atoms with Gasteiger partial charge in [-0.05, 0) is 37.2 Å². The maximum Gasteiger partial charge on any atom is 0.153 e. The first-order chi connectivity index (χ1) is 12.0. The van der Waals surface area contributed by atoms with Crippen molar-refractivity contribution in [2.24, 2.45) is 11.8 Å². The van der Waals surface area contributed by atoms with E-state index >= 15 is 0 Å². The van der Waals surface area contributed by atoms with Gasteiger partial charge in [0.05, 0.1) is 22.5 Å². The molecule has 7 nitrogen and oxygen atoms in total. The van der Waals surface area contributed by atoms with Gasteiger partial charge in [-0.25, -0.2) is 18.4 Å². The third-order valence-corrected chi connectivity index (χ3v) is 8.00. The molecule has 2 aliphatic carbocycles. The topological polar surface area (TPSA) is 103 Å². The standard InChI is InChI=1S/C17H21N5O2S/c1-22(17-14-3-5-19-16(14)20-10-21-17)13-6-11(7-13)9-25(23,24)15-8-12(15)2-4-18/h3,5,10-13,15H,2,6-9H2,1H3,(H,19,20,21)/t11?,12-,13?,15-/m1/s1. The van der Waals surface area contributed by atoms with Gasteiger partial charge in [-0.2, -0.15) is 5.26 Å². The number of H-pyrrole nitrogens is 1. The number of hydrogen-bond acceptors (Lipinski definition) is 6. The summed E-state index contributed by atoms with van der Waals surface area (Å²) in [5.41, 5.74) is 0.813. The summed E-state index contributed by atoms with van der Waals surface area (Å²) in [7, 11) is -1.05. The van der Waals surface area contributed by atoms with Crippen molar-refractivity contribution >= 4 is 26.7 Å². The molecule has 2 saturated carbocycles. The van der Waals surface area contributed by atoms with Crippen LogP contribution in [0, 0.1) is 23.2 Å². The van der Waals surface area contributed by atoms with Crippen LogP contribution >= 0.6 is 0 Å². The summed E-state index contributed by atoms with van der Waals surface area (Å²) in [5.74, 6) is 1.42. The van der Waals surface area contributed by atoms with Gasteiger partial charge in [0.15, 0.2) is 9.84 Å². The van der Waals surface area contributed by atoms with E-state index in [1.807, 2.05) is 19.3 Å². The van der Waals surface area contributed by atoms with Crippen molar-refractivity contribution in [3.63, 3.8) is 0 Å². The molecule has 0 saturated heterocycles. The molecule has 0 bridgehead atoms. The highest BCUT2D eigenvalue weighted by Gasteiger charge is 2.48. The van der Waals surface area contributed by atoms with Crippen LogP contribution in [0.2, 0.25) is 0 Å². The second kappa shape index (κ2) is 5.99. The number of sulfone groups is 1. The Morgan fingerprint density at radius 2 is 2.16 bits per heavy atom. The highest BCUT2D eigenvalue weighted by atomic mass is 32.2. The largest absolute Gasteiger partial charge is 0.356 e. The number of fused-ring (bicyclic) bond motifs is 1. The van der Waals surface area contributed by atoms with E-state index in [1.165, 1.54) is 0 Å². The van der Waals surface area contributed by atoms with E-state index in [1.54, 1.807) is 6.33 Å². The lowest BCUT2D eigenvalue weighted by Crippen LogP contribution is -2.45. The van der Waals surface area contributed by atoms with Crippen LogP contribution in [0.3, 0.4) is 0 Å². The highest BCUT2D eigenvalue weighted by Crippen LogP contribution is 2.43. The number of aromatic nitrogens is 3. The first-order valence-electron chi connectivity index (χ1n) is 8.59. The molecule has 1 N–H and O–H groups in total. The van der Waals surface area contributed by atoms with Crippen LogP contribution in [0.5, 0.6) is 0 Å². The SMILES string of the molecule is CN(c1ncnc2[nH]ccc12)C1CC(CS(=O)(=O)[C@@H]2C[C@H]2CC#N)C1. The fourth-order valence-corrected chi connectivity index (χ4v) is 6.31. The van der Waals surface area contributed by atoms with Crippen molar-refractivity contribution in [1.82, 2.24) is 15.0 Å². The molecule has 4 rings (SSSR count). The molecule has 0 spiro atoms. The van der Waals surface area contributed by atoms with E-state index in [0.29, 0.717) is 18.9 Å². The number of rotatable bonds is 6. The van der Waals surface area contributed by atoms with Crippen LogP contribution in [0.25, 0.3) is 11.0 Å². The maximum absolute atomic E-state index is 12.4. The lowest BCUT2D eigenvalue weighted by Gasteiger charge is -2.41. The van der Waals surface area contributed by atoms with Gasteiger partial charge in [0, 0.05) is 25.7 Å². The van der Waals surface area contributed by atoms with Crippen molar-refractivity contribution in [2.45, 2.75) is 37.0 Å². The van der Waals surface area contributed by atoms with Gasteiger partial charge < -0.3 is 9.88 Å². The molecule has 0 aliphatic heterocycles. The van der Waals surface area contributed by atoms with Crippen molar-refractivity contribution in [3.8, 4) is 6.07 Å². The molecule has 25 heavy (non-hydrogen) atoms. The van der Waals surface area contributed by atoms with Gasteiger partial charge in [-0.15, -0.1) is 0 Å². The Hall–Kier alpha value is -2.14. The van der Waals surface area contributed by atoms with Crippen molar-refractivity contribution < 1.29 is 8.42 Å². The zero-order chi connectivity index (χ0) is 17.6. The molecule has 2 fully saturated rings. The lowest BCUT2D eigenvalue weighted by atomic mass is 9.81. The van der Waals surface area contributed by atoms with Gasteiger partial charge >= 0.3 is 0 Å². The fourth-order valence-electron chi connectivity index (χ4n) is 3.91. The molecule has 132 valence electrons. The Morgan fingerprint density at radius 1 is 1.36 bits per heavy atom. The number of anilines is 1. The average Bonchev–Trinajstić information content (AvgIpc) is 3.17. The van der Waals surface area contributed by atoms with Gasteiger partial charge in [0.1, 0.15) is 17.8 Å². The van der Waals surface area contributed by atoms with Crippen molar-refractivity contribution in [3.05, 3.63) is 18.6 Å². The molecular weight excluding hydrogens is 338 g/mol. The normalized spacial score (nSPS) is 28.3. The highest BCUT2D eigenvalue weighted by molar-refractivity contribution is 7.92. The molecule has 0 radical (unpaired) electrons. The minimum absolute atomic E-state index is 0.0661. The molecule has 0 amide bonds. The summed E-state index contributed by atoms with van der Waals surface area (Å²) in [6, 6.07) is 4.35. The smallest absolute Gasteiger partial charge is 0.153 e. The zero-order valence-electron chi connectivity index (χ0n) is 14.1. The second-order valence-electron chi connectivity index (χ2n) is 7.27. The minimum atomic E-state index is -3.06. The van der Waals surface area contributed by atoms with E-state index in [9.17, 15) is 8.42 Å². The van der Waals surface area contributed by atoms with E-state index in [0.717, 1.165) is 29.7 Å². The van der Waals surface area contributed by atoms with Crippen LogP contribution < -0.4 is 4.90 Å². The first-order valence-corrected chi connectivity index (χ1v) is 10.3. The van der Waals surface area contributed by atoms with Gasteiger partial charge in [-0.3, -0.25) is 0 Å². The minimum Gasteiger partial charge on any atom is -0.356 e. The van der Waals surface area contributed by atoms with Gasteiger partial charge in [0.25, 0.3) is 0 Å².